The fraction of sp³-hybridized carbons (Fsp3) is 0.778. The van der Waals surface area contributed by atoms with Crippen molar-refractivity contribution in [2.75, 3.05) is 13.2 Å². The minimum atomic E-state index is -0.443. The van der Waals surface area contributed by atoms with Gasteiger partial charge in [-0.2, -0.15) is 5.26 Å². The quantitative estimate of drug-likeness (QED) is 0.549. The zero-order valence-electron chi connectivity index (χ0n) is 8.20. The molecule has 4 nitrogen and oxygen atoms in total. The molecular weight excluding hydrogens is 168 g/mol. The summed E-state index contributed by atoms with van der Waals surface area (Å²) in [5.41, 5.74) is -0.304. The largest absolute Gasteiger partial charge is 0.368 e. The summed E-state index contributed by atoms with van der Waals surface area (Å²) in [5.74, 6) is -0.106. The van der Waals surface area contributed by atoms with Crippen molar-refractivity contribution < 1.29 is 9.53 Å². The van der Waals surface area contributed by atoms with Crippen LogP contribution in [0.15, 0.2) is 0 Å². The number of hydrogen-bond acceptors (Lipinski definition) is 3. The Morgan fingerprint density at radius 1 is 1.62 bits per heavy atom. The summed E-state index contributed by atoms with van der Waals surface area (Å²) in [6.07, 6.45) is 0. The number of morpholine rings is 1. The molecule has 0 radical (unpaired) electrons. The normalized spacial score (nSPS) is 24.3. The highest BCUT2D eigenvalue weighted by Gasteiger charge is 2.36. The van der Waals surface area contributed by atoms with Crippen molar-refractivity contribution in [3.8, 4) is 6.07 Å². The molecule has 1 amide bonds. The molecule has 1 heterocycles. The van der Waals surface area contributed by atoms with Gasteiger partial charge >= 0.3 is 0 Å². The molecule has 0 aliphatic carbocycles. The van der Waals surface area contributed by atoms with E-state index in [9.17, 15) is 4.79 Å². The number of hydrogen-bond donors (Lipinski definition) is 0. The summed E-state index contributed by atoms with van der Waals surface area (Å²) in [5, 5.41) is 8.82. The van der Waals surface area contributed by atoms with Crippen LogP contribution in [0.1, 0.15) is 20.8 Å². The summed E-state index contributed by atoms with van der Waals surface area (Å²) < 4.78 is 5.00. The lowest BCUT2D eigenvalue weighted by atomic mass is 10.0. The van der Waals surface area contributed by atoms with E-state index in [2.05, 4.69) is 6.07 Å². The maximum absolute atomic E-state index is 11.5. The fourth-order valence-electron chi connectivity index (χ4n) is 1.51. The Morgan fingerprint density at radius 2 is 2.23 bits per heavy atom. The molecule has 0 aromatic rings. The van der Waals surface area contributed by atoms with E-state index in [1.54, 1.807) is 4.90 Å². The van der Waals surface area contributed by atoms with E-state index < -0.39 is 6.04 Å². The molecule has 1 atom stereocenters. The second kappa shape index (κ2) is 3.35. The van der Waals surface area contributed by atoms with Crippen LogP contribution >= 0.6 is 0 Å². The van der Waals surface area contributed by atoms with Gasteiger partial charge in [0.2, 0.25) is 5.91 Å². The lowest BCUT2D eigenvalue weighted by Crippen LogP contribution is -2.57. The molecule has 13 heavy (non-hydrogen) atoms. The van der Waals surface area contributed by atoms with Crippen molar-refractivity contribution >= 4 is 5.91 Å². The van der Waals surface area contributed by atoms with Crippen LogP contribution in [0.3, 0.4) is 0 Å². The van der Waals surface area contributed by atoms with Crippen molar-refractivity contribution in [3.63, 3.8) is 0 Å². The van der Waals surface area contributed by atoms with E-state index in [0.717, 1.165) is 0 Å². The molecule has 1 rings (SSSR count). The van der Waals surface area contributed by atoms with E-state index >= 15 is 0 Å². The van der Waals surface area contributed by atoms with E-state index in [1.807, 2.05) is 20.8 Å². The standard InChI is InChI=1S/C9H14N2O2/c1-9(2,3)11-7(4-10)5-13-6-8(11)12/h7H,5-6H2,1-3H3. The molecule has 1 unspecified atom stereocenters. The summed E-state index contributed by atoms with van der Waals surface area (Å²) in [7, 11) is 0. The Hall–Kier alpha value is -1.08. The summed E-state index contributed by atoms with van der Waals surface area (Å²) in [6.45, 7) is 6.16. The van der Waals surface area contributed by atoms with Gasteiger partial charge < -0.3 is 9.64 Å². The Balaban J connectivity index is 2.88. The van der Waals surface area contributed by atoms with Crippen LogP contribution in [0.2, 0.25) is 0 Å². The van der Waals surface area contributed by atoms with E-state index in [0.29, 0.717) is 6.61 Å². The molecule has 0 N–H and O–H groups in total. The number of amides is 1. The van der Waals surface area contributed by atoms with Gasteiger partial charge in [0, 0.05) is 5.54 Å². The van der Waals surface area contributed by atoms with E-state index in [4.69, 9.17) is 10.00 Å². The van der Waals surface area contributed by atoms with Gasteiger partial charge in [-0.25, -0.2) is 0 Å². The third-order valence-corrected chi connectivity index (χ3v) is 1.95. The third-order valence-electron chi connectivity index (χ3n) is 1.95. The van der Waals surface area contributed by atoms with Crippen molar-refractivity contribution in [2.45, 2.75) is 32.4 Å². The van der Waals surface area contributed by atoms with E-state index in [1.165, 1.54) is 0 Å². The number of nitriles is 1. The zero-order valence-corrected chi connectivity index (χ0v) is 8.20. The summed E-state index contributed by atoms with van der Waals surface area (Å²) >= 11 is 0. The van der Waals surface area contributed by atoms with Crippen molar-refractivity contribution in [2.24, 2.45) is 0 Å². The fourth-order valence-corrected chi connectivity index (χ4v) is 1.51. The van der Waals surface area contributed by atoms with Gasteiger partial charge in [0.05, 0.1) is 12.7 Å². The average molecular weight is 182 g/mol. The predicted molar refractivity (Wildman–Crippen MR) is 46.8 cm³/mol. The molecule has 72 valence electrons. The number of nitrogens with zero attached hydrogens (tertiary/aromatic N) is 2. The number of ether oxygens (including phenoxy) is 1. The molecule has 1 fully saturated rings. The molecule has 1 saturated heterocycles. The second-order valence-corrected chi connectivity index (χ2v) is 4.09. The highest BCUT2D eigenvalue weighted by Crippen LogP contribution is 2.20. The molecule has 0 saturated carbocycles. The maximum atomic E-state index is 11.5. The number of carbonyl (C=O) groups excluding carboxylic acids is 1. The first-order valence-electron chi connectivity index (χ1n) is 4.26. The second-order valence-electron chi connectivity index (χ2n) is 4.09. The molecule has 4 heteroatoms. The molecule has 0 bridgehead atoms. The molecular formula is C9H14N2O2. The van der Waals surface area contributed by atoms with Crippen LogP contribution in [-0.4, -0.2) is 35.6 Å². The average Bonchev–Trinajstić information content (AvgIpc) is 2.01. The third kappa shape index (κ3) is 1.99. The van der Waals surface area contributed by atoms with Crippen molar-refractivity contribution in [1.29, 1.82) is 5.26 Å². The predicted octanol–water partition coefficient (Wildman–Crippen LogP) is 0.536. The first-order valence-corrected chi connectivity index (χ1v) is 4.26. The Labute approximate surface area is 78.1 Å². The van der Waals surface area contributed by atoms with Crippen LogP contribution in [0, 0.1) is 11.3 Å². The number of rotatable bonds is 0. The van der Waals surface area contributed by atoms with Gasteiger partial charge in [-0.3, -0.25) is 4.79 Å². The molecule has 0 spiro atoms. The van der Waals surface area contributed by atoms with E-state index in [-0.39, 0.29) is 18.1 Å². The van der Waals surface area contributed by atoms with Crippen molar-refractivity contribution in [3.05, 3.63) is 0 Å². The monoisotopic (exact) mass is 182 g/mol. The minimum Gasteiger partial charge on any atom is -0.368 e. The van der Waals surface area contributed by atoms with Crippen molar-refractivity contribution in [1.82, 2.24) is 4.90 Å². The Kier molecular flexibility index (Phi) is 2.58. The van der Waals surface area contributed by atoms with Gasteiger partial charge in [0.1, 0.15) is 12.6 Å². The van der Waals surface area contributed by atoms with Gasteiger partial charge in [-0.05, 0) is 20.8 Å². The molecule has 1 aliphatic rings. The van der Waals surface area contributed by atoms with Crippen LogP contribution in [-0.2, 0) is 9.53 Å². The van der Waals surface area contributed by atoms with Gasteiger partial charge in [-0.15, -0.1) is 0 Å². The molecule has 0 aromatic carbocycles. The Bertz CT molecular complexity index is 249. The first-order chi connectivity index (χ1) is 5.96. The van der Waals surface area contributed by atoms with Crippen LogP contribution in [0.25, 0.3) is 0 Å². The molecule has 0 aromatic heterocycles. The smallest absolute Gasteiger partial charge is 0.250 e. The summed E-state index contributed by atoms with van der Waals surface area (Å²) in [6, 6.07) is 1.63. The maximum Gasteiger partial charge on any atom is 0.250 e. The van der Waals surface area contributed by atoms with Crippen LogP contribution in [0.5, 0.6) is 0 Å². The minimum absolute atomic E-state index is 0.0927. The Morgan fingerprint density at radius 3 is 2.62 bits per heavy atom. The summed E-state index contributed by atoms with van der Waals surface area (Å²) in [4.78, 5) is 13.1. The van der Waals surface area contributed by atoms with Crippen LogP contribution in [0.4, 0.5) is 0 Å². The number of carbonyl (C=O) groups is 1. The highest BCUT2D eigenvalue weighted by atomic mass is 16.5. The van der Waals surface area contributed by atoms with Crippen LogP contribution < -0.4 is 0 Å². The molecule has 1 aliphatic heterocycles. The van der Waals surface area contributed by atoms with Gasteiger partial charge in [0.15, 0.2) is 0 Å². The lowest BCUT2D eigenvalue weighted by Gasteiger charge is -2.41. The van der Waals surface area contributed by atoms with Gasteiger partial charge in [-0.1, -0.05) is 0 Å². The zero-order chi connectivity index (χ0) is 10.1. The topological polar surface area (TPSA) is 53.3 Å². The SMILES string of the molecule is CC(C)(C)N1C(=O)COCC1C#N. The van der Waals surface area contributed by atoms with Gasteiger partial charge in [0.25, 0.3) is 0 Å². The highest BCUT2D eigenvalue weighted by molar-refractivity contribution is 5.79. The lowest BCUT2D eigenvalue weighted by molar-refractivity contribution is -0.152. The first kappa shape index (κ1) is 10.0.